The van der Waals surface area contributed by atoms with Crippen molar-refractivity contribution in [1.82, 2.24) is 20.2 Å². The van der Waals surface area contributed by atoms with Crippen LogP contribution in [0.15, 0.2) is 12.4 Å². The fraction of sp³-hybridized carbons (Fsp3) is 0.692. The van der Waals surface area contributed by atoms with Gasteiger partial charge in [-0.15, -0.1) is 0 Å². The van der Waals surface area contributed by atoms with E-state index in [0.29, 0.717) is 6.54 Å². The molecule has 0 radical (unpaired) electrons. The Labute approximate surface area is 108 Å². The minimum Gasteiger partial charge on any atom is -0.347 e. The standard InChI is InChI=1S/C13H22N4O/c1-3-13(5-4-6-14-10-13)12(18)17(2)9-11-15-7-8-16-11/h7-8,14H,3-6,9-10H2,1-2H3,(H,15,16). The lowest BCUT2D eigenvalue weighted by Crippen LogP contribution is -2.50. The van der Waals surface area contributed by atoms with E-state index in [1.807, 2.05) is 7.05 Å². The van der Waals surface area contributed by atoms with E-state index in [2.05, 4.69) is 22.2 Å². The van der Waals surface area contributed by atoms with Crippen molar-refractivity contribution in [2.45, 2.75) is 32.7 Å². The fourth-order valence-electron chi connectivity index (χ4n) is 2.69. The van der Waals surface area contributed by atoms with Crippen LogP contribution in [0.1, 0.15) is 32.0 Å². The molecule has 1 aromatic heterocycles. The number of imidazole rings is 1. The number of carbonyl (C=O) groups is 1. The van der Waals surface area contributed by atoms with Gasteiger partial charge in [-0.3, -0.25) is 4.79 Å². The van der Waals surface area contributed by atoms with Crippen molar-refractivity contribution < 1.29 is 4.79 Å². The summed E-state index contributed by atoms with van der Waals surface area (Å²) in [5.41, 5.74) is -0.223. The number of aromatic nitrogens is 2. The molecule has 2 N–H and O–H groups in total. The van der Waals surface area contributed by atoms with Crippen LogP contribution < -0.4 is 5.32 Å². The first-order valence-electron chi connectivity index (χ1n) is 6.62. The first kappa shape index (κ1) is 13.1. The highest BCUT2D eigenvalue weighted by atomic mass is 16.2. The van der Waals surface area contributed by atoms with E-state index in [1.54, 1.807) is 17.3 Å². The van der Waals surface area contributed by atoms with Crippen LogP contribution in [0.3, 0.4) is 0 Å². The molecule has 1 atom stereocenters. The van der Waals surface area contributed by atoms with Gasteiger partial charge in [0.05, 0.1) is 12.0 Å². The van der Waals surface area contributed by atoms with Gasteiger partial charge in [-0.05, 0) is 25.8 Å². The normalized spacial score (nSPS) is 23.9. The molecule has 1 unspecified atom stereocenters. The number of H-pyrrole nitrogens is 1. The van der Waals surface area contributed by atoms with Gasteiger partial charge in [0, 0.05) is 26.0 Å². The molecule has 1 fully saturated rings. The second-order valence-electron chi connectivity index (χ2n) is 5.11. The van der Waals surface area contributed by atoms with E-state index in [-0.39, 0.29) is 11.3 Å². The van der Waals surface area contributed by atoms with Crippen molar-refractivity contribution in [2.24, 2.45) is 5.41 Å². The van der Waals surface area contributed by atoms with Crippen LogP contribution >= 0.6 is 0 Å². The molecule has 2 heterocycles. The zero-order valence-corrected chi connectivity index (χ0v) is 11.2. The van der Waals surface area contributed by atoms with E-state index in [4.69, 9.17) is 0 Å². The van der Waals surface area contributed by atoms with Crippen molar-refractivity contribution >= 4 is 5.91 Å². The summed E-state index contributed by atoms with van der Waals surface area (Å²) in [6.45, 7) is 4.47. The molecule has 5 nitrogen and oxygen atoms in total. The van der Waals surface area contributed by atoms with E-state index in [1.165, 1.54) is 0 Å². The second kappa shape index (κ2) is 5.52. The molecule has 1 aromatic rings. The van der Waals surface area contributed by atoms with Crippen LogP contribution in [0.5, 0.6) is 0 Å². The number of hydrogen-bond acceptors (Lipinski definition) is 3. The van der Waals surface area contributed by atoms with Crippen molar-refractivity contribution in [3.8, 4) is 0 Å². The Balaban J connectivity index is 2.04. The van der Waals surface area contributed by atoms with Gasteiger partial charge in [-0.1, -0.05) is 6.92 Å². The molecule has 2 rings (SSSR count). The van der Waals surface area contributed by atoms with Gasteiger partial charge in [0.2, 0.25) is 5.91 Å². The lowest BCUT2D eigenvalue weighted by molar-refractivity contribution is -0.142. The quantitative estimate of drug-likeness (QED) is 0.842. The predicted molar refractivity (Wildman–Crippen MR) is 69.9 cm³/mol. The summed E-state index contributed by atoms with van der Waals surface area (Å²) in [7, 11) is 1.86. The zero-order chi connectivity index (χ0) is 13.0. The summed E-state index contributed by atoms with van der Waals surface area (Å²) in [6.07, 6.45) is 6.45. The third-order valence-electron chi connectivity index (χ3n) is 3.89. The molecule has 5 heteroatoms. The number of nitrogens with one attached hydrogen (secondary N) is 2. The van der Waals surface area contributed by atoms with Crippen LogP contribution in [0.2, 0.25) is 0 Å². The van der Waals surface area contributed by atoms with E-state index in [0.717, 1.165) is 38.2 Å². The van der Waals surface area contributed by atoms with Crippen LogP contribution in [0, 0.1) is 5.41 Å². The molecule has 1 amide bonds. The number of hydrogen-bond donors (Lipinski definition) is 2. The van der Waals surface area contributed by atoms with Gasteiger partial charge in [-0.2, -0.15) is 0 Å². The Morgan fingerprint density at radius 2 is 2.44 bits per heavy atom. The Hall–Kier alpha value is -1.36. The van der Waals surface area contributed by atoms with Gasteiger partial charge < -0.3 is 15.2 Å². The van der Waals surface area contributed by atoms with Gasteiger partial charge in [0.25, 0.3) is 0 Å². The number of rotatable bonds is 4. The van der Waals surface area contributed by atoms with E-state index in [9.17, 15) is 4.79 Å². The topological polar surface area (TPSA) is 61.0 Å². The summed E-state index contributed by atoms with van der Waals surface area (Å²) in [4.78, 5) is 21.6. The number of nitrogens with zero attached hydrogens (tertiary/aromatic N) is 2. The van der Waals surface area contributed by atoms with Crippen molar-refractivity contribution in [3.63, 3.8) is 0 Å². The summed E-state index contributed by atoms with van der Waals surface area (Å²) in [6, 6.07) is 0. The molecular weight excluding hydrogens is 228 g/mol. The first-order valence-corrected chi connectivity index (χ1v) is 6.62. The minimum absolute atomic E-state index is 0.223. The highest BCUT2D eigenvalue weighted by Crippen LogP contribution is 2.32. The number of carbonyl (C=O) groups excluding carboxylic acids is 1. The predicted octanol–water partition coefficient (Wildman–Crippen LogP) is 1.15. The molecule has 0 spiro atoms. The van der Waals surface area contributed by atoms with Crippen LogP contribution in [-0.2, 0) is 11.3 Å². The average Bonchev–Trinajstić information content (AvgIpc) is 2.91. The highest BCUT2D eigenvalue weighted by Gasteiger charge is 2.39. The van der Waals surface area contributed by atoms with E-state index >= 15 is 0 Å². The number of piperidine rings is 1. The highest BCUT2D eigenvalue weighted by molar-refractivity contribution is 5.82. The Morgan fingerprint density at radius 3 is 3.00 bits per heavy atom. The van der Waals surface area contributed by atoms with Gasteiger partial charge >= 0.3 is 0 Å². The number of aromatic amines is 1. The third-order valence-corrected chi connectivity index (χ3v) is 3.89. The SMILES string of the molecule is CCC1(C(=O)N(C)Cc2ncc[nH]2)CCCNC1. The summed E-state index contributed by atoms with van der Waals surface area (Å²) in [5, 5.41) is 3.35. The maximum absolute atomic E-state index is 12.6. The largest absolute Gasteiger partial charge is 0.347 e. The average molecular weight is 250 g/mol. The first-order chi connectivity index (χ1) is 8.68. The van der Waals surface area contributed by atoms with Crippen molar-refractivity contribution in [1.29, 1.82) is 0 Å². The molecule has 100 valence electrons. The molecule has 0 saturated carbocycles. The monoisotopic (exact) mass is 250 g/mol. The van der Waals surface area contributed by atoms with Gasteiger partial charge in [0.1, 0.15) is 5.82 Å². The lowest BCUT2D eigenvalue weighted by Gasteiger charge is -2.38. The third kappa shape index (κ3) is 2.56. The molecule has 0 aromatic carbocycles. The lowest BCUT2D eigenvalue weighted by atomic mass is 9.77. The molecule has 0 aliphatic carbocycles. The maximum Gasteiger partial charge on any atom is 0.230 e. The van der Waals surface area contributed by atoms with Gasteiger partial charge in [0.15, 0.2) is 0 Å². The van der Waals surface area contributed by atoms with Crippen molar-refractivity contribution in [2.75, 3.05) is 20.1 Å². The van der Waals surface area contributed by atoms with Crippen LogP contribution in [-0.4, -0.2) is 40.9 Å². The van der Waals surface area contributed by atoms with E-state index < -0.39 is 0 Å². The number of amides is 1. The summed E-state index contributed by atoms with van der Waals surface area (Å²) < 4.78 is 0. The maximum atomic E-state index is 12.6. The Morgan fingerprint density at radius 1 is 1.61 bits per heavy atom. The Kier molecular flexibility index (Phi) is 4.01. The minimum atomic E-state index is -0.223. The summed E-state index contributed by atoms with van der Waals surface area (Å²) >= 11 is 0. The smallest absolute Gasteiger partial charge is 0.230 e. The Bertz CT molecular complexity index is 382. The molecule has 1 saturated heterocycles. The molecule has 0 bridgehead atoms. The summed E-state index contributed by atoms with van der Waals surface area (Å²) in [5.74, 6) is 1.06. The van der Waals surface area contributed by atoms with Crippen LogP contribution in [0.25, 0.3) is 0 Å². The molecule has 18 heavy (non-hydrogen) atoms. The zero-order valence-electron chi connectivity index (χ0n) is 11.2. The van der Waals surface area contributed by atoms with Crippen molar-refractivity contribution in [3.05, 3.63) is 18.2 Å². The fourth-order valence-corrected chi connectivity index (χ4v) is 2.69. The molecule has 1 aliphatic rings. The van der Waals surface area contributed by atoms with Gasteiger partial charge in [-0.25, -0.2) is 4.98 Å². The second-order valence-corrected chi connectivity index (χ2v) is 5.11. The van der Waals surface area contributed by atoms with Crippen LogP contribution in [0.4, 0.5) is 0 Å². The molecular formula is C13H22N4O. The molecule has 1 aliphatic heterocycles.